The van der Waals surface area contributed by atoms with Gasteiger partial charge >= 0.3 is 0 Å². The molecule has 0 aromatic rings. The Morgan fingerprint density at radius 3 is 2.60 bits per heavy atom. The Kier molecular flexibility index (Phi) is 5.65. The molecule has 1 fully saturated rings. The second-order valence-corrected chi connectivity index (χ2v) is 4.53. The van der Waals surface area contributed by atoms with E-state index in [1.54, 1.807) is 0 Å². The molecule has 0 aromatic heterocycles. The first-order chi connectivity index (χ1) is 7.22. The average molecular weight is 213 g/mol. The lowest BCUT2D eigenvalue weighted by Crippen LogP contribution is -2.33. The fourth-order valence-corrected chi connectivity index (χ4v) is 2.04. The highest BCUT2D eigenvalue weighted by molar-refractivity contribution is 5.47. The van der Waals surface area contributed by atoms with Crippen LogP contribution in [0.25, 0.3) is 0 Å². The molecule has 88 valence electrons. The summed E-state index contributed by atoms with van der Waals surface area (Å²) in [7, 11) is 4.03. The van der Waals surface area contributed by atoms with E-state index in [0.29, 0.717) is 0 Å². The molecule has 0 saturated carbocycles. The van der Waals surface area contributed by atoms with Gasteiger partial charge in [0.05, 0.1) is 0 Å². The Labute approximate surface area is 92.6 Å². The molecule has 0 aliphatic carbocycles. The summed E-state index contributed by atoms with van der Waals surface area (Å²) < 4.78 is 0. The molecule has 0 unspecified atom stereocenters. The van der Waals surface area contributed by atoms with Crippen LogP contribution < -0.4 is 5.43 Å². The molecule has 1 aliphatic rings. The lowest BCUT2D eigenvalue weighted by molar-refractivity contribution is -0.119. The Morgan fingerprint density at radius 1 is 1.40 bits per heavy atom. The van der Waals surface area contributed by atoms with Crippen molar-refractivity contribution in [1.29, 1.82) is 0 Å². The second-order valence-electron chi connectivity index (χ2n) is 4.53. The summed E-state index contributed by atoms with van der Waals surface area (Å²) in [6, 6.07) is 0. The third-order valence-corrected chi connectivity index (χ3v) is 3.02. The van der Waals surface area contributed by atoms with E-state index in [0.717, 1.165) is 32.0 Å². The van der Waals surface area contributed by atoms with Gasteiger partial charge < -0.3 is 4.90 Å². The van der Waals surface area contributed by atoms with Gasteiger partial charge in [0.2, 0.25) is 6.41 Å². The maximum Gasteiger partial charge on any atom is 0.209 e. The number of piperidine rings is 1. The van der Waals surface area contributed by atoms with Crippen molar-refractivity contribution < 1.29 is 4.79 Å². The molecule has 15 heavy (non-hydrogen) atoms. The largest absolute Gasteiger partial charge is 0.345 e. The highest BCUT2D eigenvalue weighted by Crippen LogP contribution is 2.20. The zero-order valence-electron chi connectivity index (χ0n) is 9.91. The first kappa shape index (κ1) is 12.5. The topological polar surface area (TPSA) is 35.6 Å². The van der Waals surface area contributed by atoms with Crippen LogP contribution in [0.3, 0.4) is 0 Å². The minimum absolute atomic E-state index is 0.824. The standard InChI is InChI=1S/C11H23N3O/c1-13(2)12-7-3-4-11-5-8-14(10-15)9-6-11/h10-12H,3-9H2,1-2H3. The molecule has 0 bridgehead atoms. The van der Waals surface area contributed by atoms with Crippen LogP contribution in [0.15, 0.2) is 0 Å². The Bertz CT molecular complexity index is 177. The number of nitrogens with one attached hydrogen (secondary N) is 1. The third kappa shape index (κ3) is 5.14. The van der Waals surface area contributed by atoms with Crippen molar-refractivity contribution in [2.75, 3.05) is 33.7 Å². The van der Waals surface area contributed by atoms with E-state index in [2.05, 4.69) is 5.43 Å². The van der Waals surface area contributed by atoms with Crippen LogP contribution in [0.5, 0.6) is 0 Å². The number of rotatable bonds is 6. The van der Waals surface area contributed by atoms with Crippen molar-refractivity contribution in [3.05, 3.63) is 0 Å². The van der Waals surface area contributed by atoms with Crippen LogP contribution in [0.4, 0.5) is 0 Å². The fraction of sp³-hybridized carbons (Fsp3) is 0.909. The fourth-order valence-electron chi connectivity index (χ4n) is 2.04. The Balaban J connectivity index is 2.01. The van der Waals surface area contributed by atoms with Crippen molar-refractivity contribution in [3.63, 3.8) is 0 Å². The highest BCUT2D eigenvalue weighted by atomic mass is 16.1. The number of hydrazine groups is 1. The molecule has 0 aromatic carbocycles. The summed E-state index contributed by atoms with van der Waals surface area (Å²) in [5.41, 5.74) is 3.27. The predicted octanol–water partition coefficient (Wildman–Crippen LogP) is 0.701. The lowest BCUT2D eigenvalue weighted by atomic mass is 9.92. The number of hydrogen-bond acceptors (Lipinski definition) is 3. The molecule has 1 heterocycles. The van der Waals surface area contributed by atoms with E-state index in [4.69, 9.17) is 0 Å². The highest BCUT2D eigenvalue weighted by Gasteiger charge is 2.17. The third-order valence-electron chi connectivity index (χ3n) is 3.02. The summed E-state index contributed by atoms with van der Waals surface area (Å²) in [4.78, 5) is 12.4. The number of carbonyl (C=O) groups excluding carboxylic acids is 1. The van der Waals surface area contributed by atoms with Crippen LogP contribution in [-0.4, -0.2) is 50.0 Å². The van der Waals surface area contributed by atoms with E-state index < -0.39 is 0 Å². The Morgan fingerprint density at radius 2 is 2.07 bits per heavy atom. The summed E-state index contributed by atoms with van der Waals surface area (Å²) in [5.74, 6) is 0.824. The van der Waals surface area contributed by atoms with Crippen molar-refractivity contribution in [3.8, 4) is 0 Å². The van der Waals surface area contributed by atoms with Crippen LogP contribution in [0.2, 0.25) is 0 Å². The van der Waals surface area contributed by atoms with Gasteiger partial charge in [0.1, 0.15) is 0 Å². The van der Waals surface area contributed by atoms with Gasteiger partial charge in [-0.05, 0) is 31.6 Å². The van der Waals surface area contributed by atoms with Gasteiger partial charge in [0, 0.05) is 33.7 Å². The van der Waals surface area contributed by atoms with Crippen molar-refractivity contribution in [2.24, 2.45) is 5.92 Å². The van der Waals surface area contributed by atoms with Crippen molar-refractivity contribution >= 4 is 6.41 Å². The van der Waals surface area contributed by atoms with Crippen LogP contribution in [-0.2, 0) is 4.79 Å². The van der Waals surface area contributed by atoms with Gasteiger partial charge in [-0.1, -0.05) is 0 Å². The minimum atomic E-state index is 0.824. The number of amides is 1. The smallest absolute Gasteiger partial charge is 0.209 e. The number of likely N-dealkylation sites (tertiary alicyclic amines) is 1. The summed E-state index contributed by atoms with van der Waals surface area (Å²) in [5, 5.41) is 2.00. The van der Waals surface area contributed by atoms with Crippen LogP contribution >= 0.6 is 0 Å². The number of nitrogens with zero attached hydrogens (tertiary/aromatic N) is 2. The molecule has 4 heteroatoms. The molecule has 1 aliphatic heterocycles. The van der Waals surface area contributed by atoms with Crippen molar-refractivity contribution in [1.82, 2.24) is 15.3 Å². The second kappa shape index (κ2) is 6.80. The van der Waals surface area contributed by atoms with Gasteiger partial charge in [-0.3, -0.25) is 15.2 Å². The minimum Gasteiger partial charge on any atom is -0.345 e. The number of carbonyl (C=O) groups is 1. The van der Waals surface area contributed by atoms with Gasteiger partial charge in [-0.25, -0.2) is 0 Å². The zero-order valence-corrected chi connectivity index (χ0v) is 9.91. The monoisotopic (exact) mass is 213 g/mol. The van der Waals surface area contributed by atoms with Crippen LogP contribution in [0, 0.1) is 5.92 Å². The summed E-state index contributed by atoms with van der Waals surface area (Å²) in [6.45, 7) is 2.96. The summed E-state index contributed by atoms with van der Waals surface area (Å²) >= 11 is 0. The summed E-state index contributed by atoms with van der Waals surface area (Å²) in [6.07, 6.45) is 5.85. The van der Waals surface area contributed by atoms with E-state index >= 15 is 0 Å². The first-order valence-electron chi connectivity index (χ1n) is 5.82. The normalized spacial score (nSPS) is 18.5. The Hall–Kier alpha value is -0.610. The molecule has 0 radical (unpaired) electrons. The van der Waals surface area contributed by atoms with Gasteiger partial charge in [-0.15, -0.1) is 0 Å². The maximum absolute atomic E-state index is 10.5. The molecular weight excluding hydrogens is 190 g/mol. The molecule has 1 amide bonds. The van der Waals surface area contributed by atoms with E-state index in [-0.39, 0.29) is 0 Å². The first-order valence-corrected chi connectivity index (χ1v) is 5.82. The van der Waals surface area contributed by atoms with E-state index in [1.165, 1.54) is 25.7 Å². The number of hydrogen-bond donors (Lipinski definition) is 1. The quantitative estimate of drug-likeness (QED) is 0.401. The molecule has 1 rings (SSSR count). The van der Waals surface area contributed by atoms with Gasteiger partial charge in [0.15, 0.2) is 0 Å². The maximum atomic E-state index is 10.5. The van der Waals surface area contributed by atoms with E-state index in [1.807, 2.05) is 24.0 Å². The van der Waals surface area contributed by atoms with Crippen molar-refractivity contribution in [2.45, 2.75) is 25.7 Å². The molecule has 0 spiro atoms. The SMILES string of the molecule is CN(C)NCCCC1CCN(C=O)CC1. The molecule has 4 nitrogen and oxygen atoms in total. The van der Waals surface area contributed by atoms with E-state index in [9.17, 15) is 4.79 Å². The lowest BCUT2D eigenvalue weighted by Gasteiger charge is -2.29. The molecule has 1 N–H and O–H groups in total. The molecular formula is C11H23N3O. The van der Waals surface area contributed by atoms with Crippen LogP contribution in [0.1, 0.15) is 25.7 Å². The van der Waals surface area contributed by atoms with Gasteiger partial charge in [-0.2, -0.15) is 0 Å². The van der Waals surface area contributed by atoms with Gasteiger partial charge in [0.25, 0.3) is 0 Å². The average Bonchev–Trinajstić information content (AvgIpc) is 2.25. The zero-order chi connectivity index (χ0) is 11.1. The predicted molar refractivity (Wildman–Crippen MR) is 61.3 cm³/mol. The molecule has 0 atom stereocenters. The molecule has 1 saturated heterocycles.